The monoisotopic (exact) mass is 358 g/mol. The normalized spacial score (nSPS) is 16.5. The minimum Gasteiger partial charge on any atom is -0.0748 e. The summed E-state index contributed by atoms with van der Waals surface area (Å²) in [7, 11) is 0. The Morgan fingerprint density at radius 3 is 1.52 bits per heavy atom. The van der Waals surface area contributed by atoms with Gasteiger partial charge in [-0.1, -0.05) is 108 Å². The van der Waals surface area contributed by atoms with Crippen molar-refractivity contribution in [2.75, 3.05) is 0 Å². The van der Waals surface area contributed by atoms with Crippen LogP contribution in [0.3, 0.4) is 0 Å². The molecule has 3 unspecified atom stereocenters. The lowest BCUT2D eigenvalue weighted by Gasteiger charge is -2.15. The lowest BCUT2D eigenvalue weighted by molar-refractivity contribution is 0.383. The zero-order chi connectivity index (χ0) is 16.1. The van der Waals surface area contributed by atoms with Crippen molar-refractivity contribution in [2.24, 2.45) is 23.7 Å². The summed E-state index contributed by atoms with van der Waals surface area (Å²) in [5, 5.41) is 0. The molecular weight excluding hydrogens is 320 g/mol. The Morgan fingerprint density at radius 1 is 0.667 bits per heavy atom. The topological polar surface area (TPSA) is 0 Å². The van der Waals surface area contributed by atoms with Gasteiger partial charge in [-0.05, 0) is 35.1 Å². The van der Waals surface area contributed by atoms with Crippen molar-refractivity contribution in [3.05, 3.63) is 11.1 Å². The molecule has 0 N–H and O–H groups in total. The maximum absolute atomic E-state index is 3.36. The number of rotatable bonds is 13. The molecule has 0 fully saturated rings. The van der Waals surface area contributed by atoms with Gasteiger partial charge in [0.25, 0.3) is 0 Å². The number of hydrogen-bond donors (Lipinski definition) is 0. The third-order valence-electron chi connectivity index (χ3n) is 4.63. The Balaban J connectivity index is 3.49. The van der Waals surface area contributed by atoms with E-state index in [4.69, 9.17) is 0 Å². The van der Waals surface area contributed by atoms with E-state index in [1.807, 2.05) is 4.99 Å². The van der Waals surface area contributed by atoms with Gasteiger partial charge in [-0.2, -0.15) is 0 Å². The first-order valence-corrected chi connectivity index (χ1v) is 10.1. The maximum atomic E-state index is 3.36. The van der Waals surface area contributed by atoms with Crippen LogP contribution in [0.25, 0.3) is 0 Å². The molecule has 0 saturated carbocycles. The van der Waals surface area contributed by atoms with E-state index < -0.39 is 0 Å². The quantitative estimate of drug-likeness (QED) is 0.313. The van der Waals surface area contributed by atoms with Crippen molar-refractivity contribution in [2.45, 2.75) is 92.4 Å². The Bertz CT molecular complexity index is 244. The molecule has 0 aliphatic carbocycles. The predicted octanol–water partition coefficient (Wildman–Crippen LogP) is 7.97. The van der Waals surface area contributed by atoms with Crippen molar-refractivity contribution < 1.29 is 0 Å². The molecule has 0 saturated heterocycles. The van der Waals surface area contributed by atoms with Crippen LogP contribution in [0.2, 0.25) is 0 Å². The van der Waals surface area contributed by atoms with Crippen LogP contribution in [-0.4, -0.2) is 0 Å². The van der Waals surface area contributed by atoms with Crippen molar-refractivity contribution in [3.63, 3.8) is 0 Å². The predicted molar refractivity (Wildman–Crippen MR) is 102 cm³/mol. The van der Waals surface area contributed by atoms with Crippen LogP contribution in [-0.2, 0) is 0 Å². The molecule has 3 atom stereocenters. The first-order valence-electron chi connectivity index (χ1n) is 9.22. The van der Waals surface area contributed by atoms with Crippen LogP contribution in [0, 0.1) is 23.7 Å². The van der Waals surface area contributed by atoms with Gasteiger partial charge in [0.2, 0.25) is 0 Å². The van der Waals surface area contributed by atoms with E-state index in [0.717, 1.165) is 23.7 Å². The Hall–Kier alpha value is 0.220. The highest BCUT2D eigenvalue weighted by Gasteiger charge is 2.07. The standard InChI is InChI=1S/C20H39Br/c1-17(2)9-6-10-18(3)11-7-12-19(4)13-8-14-20(5)15-16-21/h15-20H,6-14H2,1-5H3/b16-15-. The second kappa shape index (κ2) is 13.9. The van der Waals surface area contributed by atoms with Crippen LogP contribution >= 0.6 is 15.9 Å². The fourth-order valence-corrected chi connectivity index (χ4v) is 3.51. The van der Waals surface area contributed by atoms with Gasteiger partial charge >= 0.3 is 0 Å². The molecule has 0 rings (SSSR count). The van der Waals surface area contributed by atoms with Crippen LogP contribution in [0.4, 0.5) is 0 Å². The number of allylic oxidation sites excluding steroid dienone is 1. The van der Waals surface area contributed by atoms with Gasteiger partial charge < -0.3 is 0 Å². The molecule has 0 radical (unpaired) electrons. The minimum atomic E-state index is 0.720. The van der Waals surface area contributed by atoms with Gasteiger partial charge in [0, 0.05) is 0 Å². The highest BCUT2D eigenvalue weighted by molar-refractivity contribution is 9.11. The van der Waals surface area contributed by atoms with E-state index in [2.05, 4.69) is 56.6 Å². The zero-order valence-electron chi connectivity index (χ0n) is 15.2. The summed E-state index contributed by atoms with van der Waals surface area (Å²) in [5.41, 5.74) is 0. The molecule has 21 heavy (non-hydrogen) atoms. The van der Waals surface area contributed by atoms with E-state index >= 15 is 0 Å². The first-order chi connectivity index (χ1) is 9.95. The fourth-order valence-electron chi connectivity index (χ4n) is 2.99. The van der Waals surface area contributed by atoms with Crippen LogP contribution < -0.4 is 0 Å². The van der Waals surface area contributed by atoms with Gasteiger partial charge in [-0.3, -0.25) is 0 Å². The maximum Gasteiger partial charge on any atom is -0.0226 e. The second-order valence-corrected chi connectivity index (χ2v) is 8.22. The molecule has 0 nitrogen and oxygen atoms in total. The Kier molecular flexibility index (Phi) is 14.0. The summed E-state index contributed by atoms with van der Waals surface area (Å²) in [6.07, 6.45) is 14.9. The Morgan fingerprint density at radius 2 is 1.10 bits per heavy atom. The summed E-state index contributed by atoms with van der Waals surface area (Å²) in [6, 6.07) is 0. The summed E-state index contributed by atoms with van der Waals surface area (Å²) >= 11 is 3.36. The molecule has 0 aromatic heterocycles. The average molecular weight is 359 g/mol. The van der Waals surface area contributed by atoms with E-state index in [1.54, 1.807) is 0 Å². The fraction of sp³-hybridized carbons (Fsp3) is 0.900. The smallest absolute Gasteiger partial charge is 0.0226 e. The molecule has 0 aliphatic rings. The van der Waals surface area contributed by atoms with Gasteiger partial charge in [-0.15, -0.1) is 0 Å². The molecule has 1 heteroatoms. The summed E-state index contributed by atoms with van der Waals surface area (Å²) in [5.74, 6) is 3.43. The van der Waals surface area contributed by atoms with Gasteiger partial charge in [0.05, 0.1) is 0 Å². The third-order valence-corrected chi connectivity index (χ3v) is 4.94. The van der Waals surface area contributed by atoms with Crippen molar-refractivity contribution >= 4 is 15.9 Å². The summed E-state index contributed by atoms with van der Waals surface area (Å²) < 4.78 is 0. The third kappa shape index (κ3) is 14.9. The summed E-state index contributed by atoms with van der Waals surface area (Å²) in [6.45, 7) is 11.9. The molecule has 0 aliphatic heterocycles. The lowest BCUT2D eigenvalue weighted by atomic mass is 9.91. The largest absolute Gasteiger partial charge is 0.0748 e. The molecule has 0 heterocycles. The highest BCUT2D eigenvalue weighted by atomic mass is 79.9. The van der Waals surface area contributed by atoms with Gasteiger partial charge in [0.15, 0.2) is 0 Å². The molecule has 126 valence electrons. The second-order valence-electron chi connectivity index (χ2n) is 7.69. The first kappa shape index (κ1) is 21.2. The molecule has 0 aromatic carbocycles. The van der Waals surface area contributed by atoms with E-state index in [1.165, 1.54) is 57.8 Å². The lowest BCUT2D eigenvalue weighted by Crippen LogP contribution is -2.00. The number of halogens is 1. The van der Waals surface area contributed by atoms with Crippen LogP contribution in [0.15, 0.2) is 11.1 Å². The van der Waals surface area contributed by atoms with E-state index in [-0.39, 0.29) is 0 Å². The van der Waals surface area contributed by atoms with Crippen molar-refractivity contribution in [1.29, 1.82) is 0 Å². The molecular formula is C20H39Br. The van der Waals surface area contributed by atoms with Crippen LogP contribution in [0.5, 0.6) is 0 Å². The van der Waals surface area contributed by atoms with Gasteiger partial charge in [0.1, 0.15) is 0 Å². The molecule has 0 spiro atoms. The van der Waals surface area contributed by atoms with E-state index in [0.29, 0.717) is 0 Å². The zero-order valence-corrected chi connectivity index (χ0v) is 16.8. The highest BCUT2D eigenvalue weighted by Crippen LogP contribution is 2.22. The molecule has 0 aromatic rings. The molecule has 0 bridgehead atoms. The van der Waals surface area contributed by atoms with Crippen LogP contribution in [0.1, 0.15) is 92.4 Å². The minimum absolute atomic E-state index is 0.720. The number of hydrogen-bond acceptors (Lipinski definition) is 0. The van der Waals surface area contributed by atoms with Crippen molar-refractivity contribution in [3.8, 4) is 0 Å². The SMILES string of the molecule is CC(C)CCCC(C)CCCC(C)CCCC(C)/C=C\Br. The van der Waals surface area contributed by atoms with E-state index in [9.17, 15) is 0 Å². The molecule has 0 amide bonds. The average Bonchev–Trinajstić information content (AvgIpc) is 2.38. The summed E-state index contributed by atoms with van der Waals surface area (Å²) in [4.78, 5) is 2.00. The Labute approximate surface area is 143 Å². The van der Waals surface area contributed by atoms with Gasteiger partial charge in [-0.25, -0.2) is 0 Å². The van der Waals surface area contributed by atoms with Crippen molar-refractivity contribution in [1.82, 2.24) is 0 Å².